The van der Waals surface area contributed by atoms with Crippen LogP contribution < -0.4 is 4.74 Å². The van der Waals surface area contributed by atoms with Gasteiger partial charge in [-0.1, -0.05) is 17.7 Å². The highest BCUT2D eigenvalue weighted by atomic mass is 35.5. The molecule has 0 bridgehead atoms. The number of hydrogen-bond donors (Lipinski definition) is 0. The van der Waals surface area contributed by atoms with Crippen LogP contribution in [0.15, 0.2) is 34.7 Å². The van der Waals surface area contributed by atoms with Crippen LogP contribution >= 0.6 is 23.2 Å². The van der Waals surface area contributed by atoms with E-state index >= 15 is 0 Å². The van der Waals surface area contributed by atoms with Crippen molar-refractivity contribution in [2.45, 2.75) is 5.38 Å². The van der Waals surface area contributed by atoms with E-state index in [9.17, 15) is 10.1 Å². The Hall–Kier alpha value is -1.72. The number of furan rings is 1. The number of nitrogens with zero attached hydrogens (tertiary/aromatic N) is 1. The van der Waals surface area contributed by atoms with E-state index in [-0.39, 0.29) is 11.6 Å². The molecule has 7 heteroatoms. The van der Waals surface area contributed by atoms with Crippen molar-refractivity contribution in [1.82, 2.24) is 0 Å². The number of nitro groups is 1. The van der Waals surface area contributed by atoms with E-state index in [0.29, 0.717) is 16.3 Å². The molecule has 100 valence electrons. The molecule has 0 N–H and O–H groups in total. The standard InChI is InChI=1S/C12H9Cl2NO4/c1-18-7-2-3-8(9(13)6-7)12(14)10-4-5-11(19-10)15(16)17/h2-6,12H,1H3. The molecule has 0 aliphatic rings. The average Bonchev–Trinajstić information content (AvgIpc) is 2.87. The minimum absolute atomic E-state index is 0.264. The van der Waals surface area contributed by atoms with Crippen LogP contribution in [0.25, 0.3) is 0 Å². The number of methoxy groups -OCH3 is 1. The zero-order chi connectivity index (χ0) is 14.0. The Morgan fingerprint density at radius 2 is 2.11 bits per heavy atom. The molecule has 1 atom stereocenters. The van der Waals surface area contributed by atoms with Gasteiger partial charge in [0, 0.05) is 5.02 Å². The summed E-state index contributed by atoms with van der Waals surface area (Å²) in [6, 6.07) is 7.71. The molecule has 0 amide bonds. The maximum Gasteiger partial charge on any atom is 0.433 e. The third kappa shape index (κ3) is 2.83. The summed E-state index contributed by atoms with van der Waals surface area (Å²) in [5.41, 5.74) is 0.591. The molecule has 1 aromatic heterocycles. The van der Waals surface area contributed by atoms with Gasteiger partial charge < -0.3 is 9.15 Å². The van der Waals surface area contributed by atoms with Crippen LogP contribution in [0.3, 0.4) is 0 Å². The van der Waals surface area contributed by atoms with Crippen molar-refractivity contribution in [3.63, 3.8) is 0 Å². The Bertz CT molecular complexity index is 612. The van der Waals surface area contributed by atoms with Crippen LogP contribution in [-0.4, -0.2) is 12.0 Å². The number of alkyl halides is 1. The molecule has 0 fully saturated rings. The molecule has 0 saturated heterocycles. The highest BCUT2D eigenvalue weighted by molar-refractivity contribution is 6.33. The van der Waals surface area contributed by atoms with Crippen molar-refractivity contribution in [3.05, 3.63) is 56.8 Å². The molecule has 0 spiro atoms. The summed E-state index contributed by atoms with van der Waals surface area (Å²) in [4.78, 5) is 9.93. The molecule has 19 heavy (non-hydrogen) atoms. The van der Waals surface area contributed by atoms with Gasteiger partial charge in [0.15, 0.2) is 0 Å². The molecule has 0 radical (unpaired) electrons. The van der Waals surface area contributed by atoms with Crippen LogP contribution in [0, 0.1) is 10.1 Å². The lowest BCUT2D eigenvalue weighted by Gasteiger charge is -2.10. The van der Waals surface area contributed by atoms with Crippen LogP contribution in [0.4, 0.5) is 5.88 Å². The quantitative estimate of drug-likeness (QED) is 0.483. The lowest BCUT2D eigenvalue weighted by atomic mass is 10.1. The molecule has 2 aromatic rings. The van der Waals surface area contributed by atoms with E-state index in [1.54, 1.807) is 18.2 Å². The zero-order valence-electron chi connectivity index (χ0n) is 9.80. The number of halogens is 2. The van der Waals surface area contributed by atoms with E-state index in [4.69, 9.17) is 32.4 Å². The minimum Gasteiger partial charge on any atom is -0.497 e. The minimum atomic E-state index is -0.702. The van der Waals surface area contributed by atoms with Gasteiger partial charge in [-0.3, -0.25) is 10.1 Å². The summed E-state index contributed by atoms with van der Waals surface area (Å²) in [6.45, 7) is 0. The Morgan fingerprint density at radius 1 is 1.37 bits per heavy atom. The van der Waals surface area contributed by atoms with Crippen LogP contribution in [-0.2, 0) is 0 Å². The first kappa shape index (κ1) is 13.7. The fourth-order valence-corrected chi connectivity index (χ4v) is 2.21. The van der Waals surface area contributed by atoms with E-state index in [0.717, 1.165) is 0 Å². The van der Waals surface area contributed by atoms with Crippen LogP contribution in [0.1, 0.15) is 16.7 Å². The number of ether oxygens (including phenoxy) is 1. The van der Waals surface area contributed by atoms with Gasteiger partial charge in [-0.05, 0) is 23.8 Å². The Balaban J connectivity index is 2.32. The smallest absolute Gasteiger partial charge is 0.433 e. The van der Waals surface area contributed by atoms with E-state index in [2.05, 4.69) is 0 Å². The van der Waals surface area contributed by atoms with Crippen LogP contribution in [0.2, 0.25) is 5.02 Å². The number of hydrogen-bond acceptors (Lipinski definition) is 4. The largest absolute Gasteiger partial charge is 0.497 e. The maximum absolute atomic E-state index is 10.5. The molecule has 2 rings (SSSR count). The van der Waals surface area contributed by atoms with Crippen molar-refractivity contribution >= 4 is 29.1 Å². The van der Waals surface area contributed by atoms with Gasteiger partial charge in [0.05, 0.1) is 13.2 Å². The second kappa shape index (κ2) is 5.50. The predicted molar refractivity (Wildman–Crippen MR) is 71.1 cm³/mol. The molecular formula is C12H9Cl2NO4. The highest BCUT2D eigenvalue weighted by Crippen LogP contribution is 2.37. The monoisotopic (exact) mass is 301 g/mol. The average molecular weight is 302 g/mol. The number of rotatable bonds is 4. The summed E-state index contributed by atoms with van der Waals surface area (Å²) < 4.78 is 10.1. The van der Waals surface area contributed by atoms with Crippen molar-refractivity contribution in [1.29, 1.82) is 0 Å². The molecule has 0 saturated carbocycles. The zero-order valence-corrected chi connectivity index (χ0v) is 11.3. The predicted octanol–water partition coefficient (Wildman–Crippen LogP) is 4.18. The highest BCUT2D eigenvalue weighted by Gasteiger charge is 2.21. The first-order chi connectivity index (χ1) is 9.02. The normalized spacial score (nSPS) is 12.2. The number of benzene rings is 1. The van der Waals surface area contributed by atoms with E-state index in [1.165, 1.54) is 19.2 Å². The van der Waals surface area contributed by atoms with Crippen molar-refractivity contribution < 1.29 is 14.1 Å². The Kier molecular flexibility index (Phi) is 3.97. The van der Waals surface area contributed by atoms with E-state index in [1.807, 2.05) is 0 Å². The van der Waals surface area contributed by atoms with Gasteiger partial charge in [0.25, 0.3) is 0 Å². The second-order valence-electron chi connectivity index (χ2n) is 3.68. The molecule has 0 aliphatic carbocycles. The summed E-state index contributed by atoms with van der Waals surface area (Å²) >= 11 is 12.3. The van der Waals surface area contributed by atoms with E-state index < -0.39 is 10.3 Å². The summed E-state index contributed by atoms with van der Waals surface area (Å²) in [7, 11) is 1.53. The first-order valence-corrected chi connectivity index (χ1v) is 6.06. The Labute approximate surface area is 118 Å². The first-order valence-electron chi connectivity index (χ1n) is 5.24. The summed E-state index contributed by atoms with van der Waals surface area (Å²) in [5, 5.41) is 10.2. The van der Waals surface area contributed by atoms with Gasteiger partial charge in [0.2, 0.25) is 0 Å². The van der Waals surface area contributed by atoms with Crippen molar-refractivity contribution in [2.24, 2.45) is 0 Å². The molecule has 0 aliphatic heterocycles. The molecular weight excluding hydrogens is 293 g/mol. The molecule has 1 unspecified atom stereocenters. The van der Waals surface area contributed by atoms with Gasteiger partial charge in [-0.15, -0.1) is 11.6 Å². The summed E-state index contributed by atoms with van der Waals surface area (Å²) in [5.74, 6) is 0.508. The van der Waals surface area contributed by atoms with Gasteiger partial charge >= 0.3 is 5.88 Å². The topological polar surface area (TPSA) is 65.5 Å². The molecule has 5 nitrogen and oxygen atoms in total. The fraction of sp³-hybridized carbons (Fsp3) is 0.167. The lowest BCUT2D eigenvalue weighted by molar-refractivity contribution is -0.402. The maximum atomic E-state index is 10.5. The Morgan fingerprint density at radius 3 is 2.63 bits per heavy atom. The van der Waals surface area contributed by atoms with Crippen molar-refractivity contribution in [3.8, 4) is 5.75 Å². The fourth-order valence-electron chi connectivity index (χ4n) is 1.57. The van der Waals surface area contributed by atoms with Gasteiger partial charge in [-0.2, -0.15) is 0 Å². The summed E-state index contributed by atoms with van der Waals surface area (Å²) in [6.07, 6.45) is 0. The SMILES string of the molecule is COc1ccc(C(Cl)c2ccc([N+](=O)[O-])o2)c(Cl)c1. The molecule has 1 aromatic carbocycles. The van der Waals surface area contributed by atoms with Crippen LogP contribution in [0.5, 0.6) is 5.75 Å². The van der Waals surface area contributed by atoms with Crippen molar-refractivity contribution in [2.75, 3.05) is 7.11 Å². The lowest BCUT2D eigenvalue weighted by Crippen LogP contribution is -1.94. The van der Waals surface area contributed by atoms with Gasteiger partial charge in [-0.25, -0.2) is 0 Å². The van der Waals surface area contributed by atoms with Gasteiger partial charge in [0.1, 0.15) is 21.8 Å². The molecule has 1 heterocycles. The third-order valence-corrected chi connectivity index (χ3v) is 3.30. The third-order valence-electron chi connectivity index (χ3n) is 2.52. The second-order valence-corrected chi connectivity index (χ2v) is 4.53.